The van der Waals surface area contributed by atoms with E-state index in [1.807, 2.05) is 11.4 Å². The molecule has 3 aliphatic rings. The number of fused-ring (bicyclic) bond motifs is 1. The molecule has 3 heterocycles. The van der Waals surface area contributed by atoms with Gasteiger partial charge in [-0.15, -0.1) is 11.3 Å². The van der Waals surface area contributed by atoms with Crippen molar-refractivity contribution in [2.45, 2.75) is 62.7 Å². The number of aromatic nitrogens is 2. The summed E-state index contributed by atoms with van der Waals surface area (Å²) in [5, 5.41) is 15.9. The Hall–Kier alpha value is -2.63. The first-order chi connectivity index (χ1) is 19.1. The fraction of sp³-hybridized carbons (Fsp3) is 0.448. The highest BCUT2D eigenvalue weighted by atomic mass is 32.2. The van der Waals surface area contributed by atoms with E-state index in [-0.39, 0.29) is 23.8 Å². The molecule has 2 N–H and O–H groups in total. The molecule has 8 nitrogen and oxygen atoms in total. The summed E-state index contributed by atoms with van der Waals surface area (Å²) in [5.74, 6) is 1.01. The average Bonchev–Trinajstić information content (AvgIpc) is 3.64. The molecule has 0 spiro atoms. The van der Waals surface area contributed by atoms with Gasteiger partial charge in [-0.2, -0.15) is 0 Å². The summed E-state index contributed by atoms with van der Waals surface area (Å²) < 4.78 is 15.3. The molecule has 2 aromatic heterocycles. The van der Waals surface area contributed by atoms with Gasteiger partial charge in [0.1, 0.15) is 30.5 Å². The monoisotopic (exact) mass is 564 g/mol. The summed E-state index contributed by atoms with van der Waals surface area (Å²) >= 11 is 2.36. The highest BCUT2D eigenvalue weighted by Crippen LogP contribution is 2.43. The van der Waals surface area contributed by atoms with Gasteiger partial charge in [-0.3, -0.25) is 8.98 Å². The van der Waals surface area contributed by atoms with Crippen molar-refractivity contribution >= 4 is 41.9 Å². The summed E-state index contributed by atoms with van der Waals surface area (Å²) in [5.41, 5.74) is 5.41. The number of aliphatic hydroxyl groups excluding tert-OH is 1. The van der Waals surface area contributed by atoms with E-state index in [2.05, 4.69) is 44.6 Å². The third-order valence-electron chi connectivity index (χ3n) is 7.87. The number of benzene rings is 1. The molecule has 2 aliphatic carbocycles. The van der Waals surface area contributed by atoms with Crippen LogP contribution in [-0.2, 0) is 15.3 Å². The fourth-order valence-corrected chi connectivity index (χ4v) is 6.87. The van der Waals surface area contributed by atoms with Crippen molar-refractivity contribution in [2.75, 3.05) is 18.5 Å². The second-order valence-electron chi connectivity index (χ2n) is 10.6. The zero-order valence-electron chi connectivity index (χ0n) is 21.6. The minimum Gasteiger partial charge on any atom is -0.393 e. The third kappa shape index (κ3) is 5.95. The van der Waals surface area contributed by atoms with Crippen molar-refractivity contribution in [1.29, 1.82) is 0 Å². The fourth-order valence-electron chi connectivity index (χ4n) is 5.68. The van der Waals surface area contributed by atoms with E-state index < -0.39 is 6.10 Å². The van der Waals surface area contributed by atoms with Gasteiger partial charge in [0.25, 0.3) is 0 Å². The Kier molecular flexibility index (Phi) is 8.08. The largest absolute Gasteiger partial charge is 0.393 e. The van der Waals surface area contributed by atoms with Crippen LogP contribution >= 0.6 is 23.6 Å². The van der Waals surface area contributed by atoms with Crippen molar-refractivity contribution in [3.05, 3.63) is 74.9 Å². The number of ether oxygens (including phenoxy) is 1. The molecule has 2 fully saturated rings. The van der Waals surface area contributed by atoms with Crippen LogP contribution in [0.4, 0.5) is 5.82 Å². The number of hydrogen-bond donors (Lipinski definition) is 2. The molecule has 3 unspecified atom stereocenters. The molecule has 0 radical (unpaired) electrons. The zero-order valence-corrected chi connectivity index (χ0v) is 23.3. The smallest absolute Gasteiger partial charge is 0.208 e. The molecule has 1 aromatic carbocycles. The number of rotatable bonds is 10. The van der Waals surface area contributed by atoms with E-state index >= 15 is 0 Å². The summed E-state index contributed by atoms with van der Waals surface area (Å²) in [6.07, 6.45) is 8.09. The number of carbonyl (C=O) groups is 1. The van der Waals surface area contributed by atoms with E-state index in [0.717, 1.165) is 30.6 Å². The number of nitrogens with zero attached hydrogens (tertiary/aromatic N) is 3. The van der Waals surface area contributed by atoms with Gasteiger partial charge in [0, 0.05) is 31.5 Å². The first-order valence-corrected chi connectivity index (χ1v) is 15.0. The molecule has 6 rings (SSSR count). The molecule has 3 aromatic rings. The van der Waals surface area contributed by atoms with E-state index in [1.165, 1.54) is 47.2 Å². The minimum atomic E-state index is -0.503. The zero-order chi connectivity index (χ0) is 26.8. The first kappa shape index (κ1) is 26.6. The predicted octanol–water partition coefficient (Wildman–Crippen LogP) is 5.53. The summed E-state index contributed by atoms with van der Waals surface area (Å²) in [7, 11) is 0. The van der Waals surface area contributed by atoms with Gasteiger partial charge < -0.3 is 15.2 Å². The Balaban J connectivity index is 1.19. The van der Waals surface area contributed by atoms with Crippen molar-refractivity contribution in [3.63, 3.8) is 0 Å². The summed E-state index contributed by atoms with van der Waals surface area (Å²) in [6, 6.07) is 8.81. The van der Waals surface area contributed by atoms with E-state index in [4.69, 9.17) is 8.92 Å². The molecule has 10 heteroatoms. The van der Waals surface area contributed by atoms with Crippen LogP contribution in [0.2, 0.25) is 0 Å². The third-order valence-corrected chi connectivity index (χ3v) is 9.16. The van der Waals surface area contributed by atoms with E-state index in [0.29, 0.717) is 48.2 Å². The molecule has 2 saturated carbocycles. The van der Waals surface area contributed by atoms with Crippen LogP contribution < -0.4 is 5.32 Å². The van der Waals surface area contributed by atoms with Gasteiger partial charge in [0.2, 0.25) is 5.78 Å². The Labute approximate surface area is 236 Å². The molecule has 204 valence electrons. The highest BCUT2D eigenvalue weighted by molar-refractivity contribution is 7.93. The maximum atomic E-state index is 13.7. The normalized spacial score (nSPS) is 24.6. The lowest BCUT2D eigenvalue weighted by molar-refractivity contribution is 0.0844. The van der Waals surface area contributed by atoms with Crippen LogP contribution in [0.1, 0.15) is 81.6 Å². The maximum Gasteiger partial charge on any atom is 0.208 e. The highest BCUT2D eigenvalue weighted by Gasteiger charge is 2.34. The van der Waals surface area contributed by atoms with Crippen LogP contribution in [-0.4, -0.2) is 52.9 Å². The van der Waals surface area contributed by atoms with Gasteiger partial charge in [-0.05, 0) is 78.1 Å². The number of thiophene rings is 1. The minimum absolute atomic E-state index is 0.0273. The van der Waals surface area contributed by atoms with Gasteiger partial charge in [-0.1, -0.05) is 18.2 Å². The molecular formula is C29H32N4O4S2. The van der Waals surface area contributed by atoms with E-state index in [9.17, 15) is 9.90 Å². The Morgan fingerprint density at radius 1 is 1.28 bits per heavy atom. The second kappa shape index (κ2) is 11.9. The standard InChI is InChI=1S/C29H32N4O4S2/c1-30-39-37-14-20-9-22(12-25(20)34)33-29-24(13-31-16-32-29)27(35)26-11-21(15-38-26)28-23-10-19(17-4-5-17)7-6-18(23)3-2-8-36-28/h6-7,10-11,13,15-17,20,22,25,28,34H,1-5,8-9,12,14H2,(H,31,32,33)/t20?,22?,25-,28?/m0/s1. The number of aliphatic hydroxyl groups is 1. The van der Waals surface area contributed by atoms with Crippen molar-refractivity contribution < 1.29 is 18.8 Å². The van der Waals surface area contributed by atoms with Crippen LogP contribution in [0.25, 0.3) is 0 Å². The molecule has 0 amide bonds. The van der Waals surface area contributed by atoms with E-state index in [1.54, 1.807) is 6.20 Å². The van der Waals surface area contributed by atoms with Gasteiger partial charge in [0.05, 0.1) is 23.2 Å². The molecule has 0 bridgehead atoms. The Morgan fingerprint density at radius 3 is 3.03 bits per heavy atom. The molecule has 4 atom stereocenters. The average molecular weight is 565 g/mol. The molecular weight excluding hydrogens is 532 g/mol. The van der Waals surface area contributed by atoms with Crippen LogP contribution in [0, 0.1) is 5.92 Å². The van der Waals surface area contributed by atoms with Crippen LogP contribution in [0.3, 0.4) is 0 Å². The second-order valence-corrected chi connectivity index (χ2v) is 12.1. The predicted molar refractivity (Wildman–Crippen MR) is 154 cm³/mol. The first-order valence-electron chi connectivity index (χ1n) is 13.5. The maximum absolute atomic E-state index is 13.7. The number of nitrogens with one attached hydrogen (secondary N) is 1. The number of anilines is 1. The van der Waals surface area contributed by atoms with Gasteiger partial charge in [0.15, 0.2) is 0 Å². The summed E-state index contributed by atoms with van der Waals surface area (Å²) in [6.45, 7) is 4.46. The van der Waals surface area contributed by atoms with Crippen LogP contribution in [0.5, 0.6) is 0 Å². The number of aryl methyl sites for hydroxylation is 1. The lowest BCUT2D eigenvalue weighted by atomic mass is 9.93. The molecule has 1 aliphatic heterocycles. The van der Waals surface area contributed by atoms with Gasteiger partial charge in [-0.25, -0.2) is 14.4 Å². The topological polar surface area (TPSA) is 106 Å². The summed E-state index contributed by atoms with van der Waals surface area (Å²) in [4.78, 5) is 22.8. The quantitative estimate of drug-likeness (QED) is 0.109. The molecule has 39 heavy (non-hydrogen) atoms. The Morgan fingerprint density at radius 2 is 2.18 bits per heavy atom. The Bertz CT molecular complexity index is 1340. The number of carbonyl (C=O) groups excluding carboxylic acids is 1. The molecule has 0 saturated heterocycles. The van der Waals surface area contributed by atoms with Crippen molar-refractivity contribution in [3.8, 4) is 0 Å². The van der Waals surface area contributed by atoms with Crippen molar-refractivity contribution in [1.82, 2.24) is 9.97 Å². The lowest BCUT2D eigenvalue weighted by Crippen LogP contribution is -2.20. The number of ketones is 1. The number of hydrogen-bond acceptors (Lipinski definition) is 10. The van der Waals surface area contributed by atoms with Crippen LogP contribution in [0.15, 0.2) is 46.6 Å². The lowest BCUT2D eigenvalue weighted by Gasteiger charge is -2.18. The van der Waals surface area contributed by atoms with Gasteiger partial charge >= 0.3 is 0 Å². The van der Waals surface area contributed by atoms with Crippen molar-refractivity contribution in [2.24, 2.45) is 10.3 Å². The SMILES string of the molecule is C=NSOCC1CC(Nc2ncncc2C(=O)c2cc(C3OCCCc4ccc(C5CC5)cc43)cs2)C[C@@H]1O.